The van der Waals surface area contributed by atoms with Gasteiger partial charge < -0.3 is 10.2 Å². The van der Waals surface area contributed by atoms with Gasteiger partial charge in [0.05, 0.1) is 10.7 Å². The van der Waals surface area contributed by atoms with E-state index in [1.165, 1.54) is 12.8 Å². The van der Waals surface area contributed by atoms with Gasteiger partial charge in [0.25, 0.3) is 0 Å². The van der Waals surface area contributed by atoms with Crippen LogP contribution in [0, 0.1) is 5.92 Å². The van der Waals surface area contributed by atoms with Gasteiger partial charge in [0, 0.05) is 25.8 Å². The molecular weight excluding hydrogens is 220 g/mol. The molecule has 1 saturated carbocycles. The Morgan fingerprint density at radius 1 is 1.38 bits per heavy atom. The van der Waals surface area contributed by atoms with Gasteiger partial charge >= 0.3 is 0 Å². The number of anilines is 2. The highest BCUT2D eigenvalue weighted by Crippen LogP contribution is 2.35. The first-order valence-corrected chi connectivity index (χ1v) is 6.19. The summed E-state index contributed by atoms with van der Waals surface area (Å²) < 4.78 is 0. The normalized spacial score (nSPS) is 17.0. The van der Waals surface area contributed by atoms with Crippen LogP contribution in [0.4, 0.5) is 11.4 Å². The first-order valence-electron chi connectivity index (χ1n) is 5.81. The van der Waals surface area contributed by atoms with Gasteiger partial charge in [-0.2, -0.15) is 0 Å². The van der Waals surface area contributed by atoms with Gasteiger partial charge in [0.2, 0.25) is 0 Å². The van der Waals surface area contributed by atoms with Gasteiger partial charge in [0.15, 0.2) is 0 Å². The second-order valence-electron chi connectivity index (χ2n) is 4.83. The van der Waals surface area contributed by atoms with Crippen LogP contribution >= 0.6 is 11.6 Å². The number of nitrogens with one attached hydrogen (secondary N) is 1. The van der Waals surface area contributed by atoms with E-state index in [9.17, 15) is 0 Å². The Balaban J connectivity index is 2.07. The van der Waals surface area contributed by atoms with E-state index in [1.807, 2.05) is 25.1 Å². The van der Waals surface area contributed by atoms with E-state index in [4.69, 9.17) is 11.6 Å². The molecule has 1 aliphatic carbocycles. The minimum Gasteiger partial charge on any atom is -0.382 e. The second-order valence-corrected chi connectivity index (χ2v) is 5.24. The van der Waals surface area contributed by atoms with E-state index in [2.05, 4.69) is 24.4 Å². The lowest BCUT2D eigenvalue weighted by Gasteiger charge is -2.18. The van der Waals surface area contributed by atoms with E-state index in [1.54, 1.807) is 0 Å². The van der Waals surface area contributed by atoms with Gasteiger partial charge in [0.1, 0.15) is 0 Å². The third-order valence-corrected chi connectivity index (χ3v) is 3.46. The standard InChI is InChI=1S/C13H19ClN2/c1-9(10-4-5-10)15-11-6-7-13(16(2)3)12(14)8-11/h6-10,15H,4-5H2,1-3H3. The Morgan fingerprint density at radius 3 is 2.56 bits per heavy atom. The summed E-state index contributed by atoms with van der Waals surface area (Å²) in [6, 6.07) is 6.72. The quantitative estimate of drug-likeness (QED) is 0.862. The van der Waals surface area contributed by atoms with Crippen LogP contribution in [0.25, 0.3) is 0 Å². The van der Waals surface area contributed by atoms with E-state index in [-0.39, 0.29) is 0 Å². The highest BCUT2D eigenvalue weighted by molar-refractivity contribution is 6.33. The fourth-order valence-electron chi connectivity index (χ4n) is 1.94. The van der Waals surface area contributed by atoms with Crippen molar-refractivity contribution in [2.75, 3.05) is 24.3 Å². The first-order chi connectivity index (χ1) is 7.58. The minimum atomic E-state index is 0.557. The predicted molar refractivity (Wildman–Crippen MR) is 71.6 cm³/mol. The molecule has 0 heterocycles. The molecule has 1 aromatic rings. The molecule has 2 nitrogen and oxygen atoms in total. The van der Waals surface area contributed by atoms with Gasteiger partial charge in [-0.25, -0.2) is 0 Å². The first kappa shape index (κ1) is 11.6. The number of benzene rings is 1. The van der Waals surface area contributed by atoms with Crippen molar-refractivity contribution < 1.29 is 0 Å². The summed E-state index contributed by atoms with van der Waals surface area (Å²) in [5.74, 6) is 0.854. The maximum atomic E-state index is 6.22. The predicted octanol–water partition coefficient (Wildman–Crippen LogP) is 3.62. The fourth-order valence-corrected chi connectivity index (χ4v) is 2.29. The molecule has 1 fully saturated rings. The van der Waals surface area contributed by atoms with Crippen LogP contribution in [0.5, 0.6) is 0 Å². The zero-order valence-electron chi connectivity index (χ0n) is 10.1. The van der Waals surface area contributed by atoms with E-state index in [0.29, 0.717) is 6.04 Å². The molecule has 0 amide bonds. The number of hydrogen-bond donors (Lipinski definition) is 1. The summed E-state index contributed by atoms with van der Waals surface area (Å²) >= 11 is 6.22. The average molecular weight is 239 g/mol. The fraction of sp³-hybridized carbons (Fsp3) is 0.538. The molecule has 0 saturated heterocycles. The van der Waals surface area contributed by atoms with Gasteiger partial charge in [-0.3, -0.25) is 0 Å². The van der Waals surface area contributed by atoms with Crippen molar-refractivity contribution in [3.63, 3.8) is 0 Å². The third-order valence-electron chi connectivity index (χ3n) is 3.15. The number of nitrogens with zero attached hydrogens (tertiary/aromatic N) is 1. The molecule has 0 spiro atoms. The Bertz CT molecular complexity index is 372. The van der Waals surface area contributed by atoms with Crippen molar-refractivity contribution in [2.24, 2.45) is 5.92 Å². The molecule has 88 valence electrons. The molecule has 0 aromatic heterocycles. The molecule has 1 aliphatic rings. The SMILES string of the molecule is CC(Nc1ccc(N(C)C)c(Cl)c1)C1CC1. The van der Waals surface area contributed by atoms with Crippen molar-refractivity contribution in [1.82, 2.24) is 0 Å². The summed E-state index contributed by atoms with van der Waals surface area (Å²) in [6.07, 6.45) is 2.72. The summed E-state index contributed by atoms with van der Waals surface area (Å²) in [6.45, 7) is 2.24. The van der Waals surface area contributed by atoms with Crippen molar-refractivity contribution in [1.29, 1.82) is 0 Å². The lowest BCUT2D eigenvalue weighted by Crippen LogP contribution is -2.17. The van der Waals surface area contributed by atoms with Crippen molar-refractivity contribution >= 4 is 23.0 Å². The van der Waals surface area contributed by atoms with Crippen LogP contribution < -0.4 is 10.2 Å². The van der Waals surface area contributed by atoms with E-state index in [0.717, 1.165) is 22.3 Å². The zero-order chi connectivity index (χ0) is 11.7. The molecule has 1 atom stereocenters. The molecule has 16 heavy (non-hydrogen) atoms. The van der Waals surface area contributed by atoms with Crippen LogP contribution in [0.15, 0.2) is 18.2 Å². The van der Waals surface area contributed by atoms with Gasteiger partial charge in [-0.1, -0.05) is 11.6 Å². The molecule has 0 bridgehead atoms. The molecule has 2 rings (SSSR count). The molecular formula is C13H19ClN2. The monoisotopic (exact) mass is 238 g/mol. The van der Waals surface area contributed by atoms with Crippen molar-refractivity contribution in [2.45, 2.75) is 25.8 Å². The maximum Gasteiger partial charge on any atom is 0.0659 e. The molecule has 1 aromatic carbocycles. The summed E-state index contributed by atoms with van der Waals surface area (Å²) in [7, 11) is 4.00. The summed E-state index contributed by atoms with van der Waals surface area (Å²) in [5.41, 5.74) is 2.18. The van der Waals surface area contributed by atoms with Gasteiger partial charge in [-0.05, 0) is 43.9 Å². The topological polar surface area (TPSA) is 15.3 Å². The van der Waals surface area contributed by atoms with Crippen molar-refractivity contribution in [3.05, 3.63) is 23.2 Å². The van der Waals surface area contributed by atoms with Crippen molar-refractivity contribution in [3.8, 4) is 0 Å². The van der Waals surface area contributed by atoms with E-state index < -0.39 is 0 Å². The van der Waals surface area contributed by atoms with Gasteiger partial charge in [-0.15, -0.1) is 0 Å². The zero-order valence-corrected chi connectivity index (χ0v) is 10.9. The third kappa shape index (κ3) is 2.62. The van der Waals surface area contributed by atoms with Crippen LogP contribution in [0.2, 0.25) is 5.02 Å². The molecule has 3 heteroatoms. The maximum absolute atomic E-state index is 6.22. The highest BCUT2D eigenvalue weighted by atomic mass is 35.5. The Hall–Kier alpha value is -0.890. The largest absolute Gasteiger partial charge is 0.382 e. The summed E-state index contributed by atoms with van der Waals surface area (Å²) in [4.78, 5) is 2.02. The molecule has 1 unspecified atom stereocenters. The lowest BCUT2D eigenvalue weighted by molar-refractivity contribution is 0.694. The van der Waals surface area contributed by atoms with Crippen LogP contribution in [0.1, 0.15) is 19.8 Å². The Kier molecular flexibility index (Phi) is 3.29. The number of hydrogen-bond acceptors (Lipinski definition) is 2. The lowest BCUT2D eigenvalue weighted by atomic mass is 10.2. The summed E-state index contributed by atoms with van der Waals surface area (Å²) in [5, 5.41) is 4.31. The number of halogens is 1. The van der Waals surface area contributed by atoms with Crippen LogP contribution in [-0.2, 0) is 0 Å². The van der Waals surface area contributed by atoms with E-state index >= 15 is 0 Å². The Morgan fingerprint density at radius 2 is 2.06 bits per heavy atom. The molecule has 1 N–H and O–H groups in total. The average Bonchev–Trinajstić information content (AvgIpc) is 2.99. The molecule has 0 radical (unpaired) electrons. The number of rotatable bonds is 4. The second kappa shape index (κ2) is 4.54. The highest BCUT2D eigenvalue weighted by Gasteiger charge is 2.27. The van der Waals surface area contributed by atoms with Crippen LogP contribution in [0.3, 0.4) is 0 Å². The molecule has 0 aliphatic heterocycles. The Labute approximate surface area is 103 Å². The minimum absolute atomic E-state index is 0.557. The smallest absolute Gasteiger partial charge is 0.0659 e. The van der Waals surface area contributed by atoms with Crippen LogP contribution in [-0.4, -0.2) is 20.1 Å².